The number of ether oxygens (including phenoxy) is 1. The molecule has 1 aromatic rings. The largest absolute Gasteiger partial charge is 0.383 e. The monoisotopic (exact) mass is 362 g/mol. The molecule has 2 amide bonds. The van der Waals surface area contributed by atoms with Crippen LogP contribution in [0.5, 0.6) is 0 Å². The van der Waals surface area contributed by atoms with Crippen molar-refractivity contribution in [3.8, 4) is 0 Å². The van der Waals surface area contributed by atoms with Gasteiger partial charge in [-0.1, -0.05) is 0 Å². The van der Waals surface area contributed by atoms with Crippen LogP contribution in [0.4, 0.5) is 0 Å². The fraction of sp³-hybridized carbons (Fsp3) is 0.333. The van der Waals surface area contributed by atoms with Crippen molar-refractivity contribution in [3.05, 3.63) is 33.4 Å². The summed E-state index contributed by atoms with van der Waals surface area (Å²) >= 11 is 2.16. The van der Waals surface area contributed by atoms with E-state index in [4.69, 9.17) is 4.74 Å². The summed E-state index contributed by atoms with van der Waals surface area (Å²) in [6.07, 6.45) is 0. The Kier molecular flexibility index (Phi) is 6.66. The molecule has 5 nitrogen and oxygen atoms in total. The summed E-state index contributed by atoms with van der Waals surface area (Å²) in [5, 5.41) is 5.17. The number of carbonyl (C=O) groups excluding carboxylic acids is 2. The molecule has 0 bridgehead atoms. The summed E-state index contributed by atoms with van der Waals surface area (Å²) in [4.78, 5) is 23.0. The maximum Gasteiger partial charge on any atom is 0.251 e. The van der Waals surface area contributed by atoms with Crippen LogP contribution in [0.3, 0.4) is 0 Å². The minimum absolute atomic E-state index is 0.0332. The molecule has 0 radical (unpaired) electrons. The number of halogens is 1. The van der Waals surface area contributed by atoms with Gasteiger partial charge in [-0.2, -0.15) is 0 Å². The lowest BCUT2D eigenvalue weighted by molar-refractivity contribution is -0.120. The number of nitrogens with one attached hydrogen (secondary N) is 2. The molecule has 1 rings (SSSR count). The molecule has 0 saturated carbocycles. The molecule has 0 unspecified atom stereocenters. The molecule has 0 spiro atoms. The van der Waals surface area contributed by atoms with Crippen molar-refractivity contribution >= 4 is 34.4 Å². The van der Waals surface area contributed by atoms with Crippen molar-refractivity contribution in [1.29, 1.82) is 0 Å². The fourth-order valence-corrected chi connectivity index (χ4v) is 1.58. The highest BCUT2D eigenvalue weighted by atomic mass is 127. The molecular formula is C12H15IN2O3. The molecular weight excluding hydrogens is 347 g/mol. The first kappa shape index (κ1) is 14.9. The predicted octanol–water partition coefficient (Wildman–Crippen LogP) is 0.784. The van der Waals surface area contributed by atoms with Gasteiger partial charge >= 0.3 is 0 Å². The Hall–Kier alpha value is -1.15. The third-order valence-electron chi connectivity index (χ3n) is 2.14. The van der Waals surface area contributed by atoms with E-state index < -0.39 is 0 Å². The molecule has 0 heterocycles. The van der Waals surface area contributed by atoms with Crippen molar-refractivity contribution in [2.75, 3.05) is 26.8 Å². The molecule has 0 aliphatic heterocycles. The van der Waals surface area contributed by atoms with Gasteiger partial charge in [-0.15, -0.1) is 0 Å². The Labute approximate surface area is 119 Å². The Morgan fingerprint density at radius 3 is 2.50 bits per heavy atom. The number of amides is 2. The highest BCUT2D eigenvalue weighted by Crippen LogP contribution is 2.06. The van der Waals surface area contributed by atoms with Gasteiger partial charge in [0.1, 0.15) is 0 Å². The molecule has 0 saturated heterocycles. The van der Waals surface area contributed by atoms with Gasteiger partial charge < -0.3 is 15.4 Å². The summed E-state index contributed by atoms with van der Waals surface area (Å²) < 4.78 is 5.85. The summed E-state index contributed by atoms with van der Waals surface area (Å²) in [6, 6.07) is 7.13. The Morgan fingerprint density at radius 1 is 1.22 bits per heavy atom. The minimum Gasteiger partial charge on any atom is -0.383 e. The van der Waals surface area contributed by atoms with E-state index in [1.54, 1.807) is 19.2 Å². The van der Waals surface area contributed by atoms with Crippen molar-refractivity contribution in [1.82, 2.24) is 10.6 Å². The van der Waals surface area contributed by atoms with Gasteiger partial charge in [0, 0.05) is 22.8 Å². The number of carbonyl (C=O) groups is 2. The van der Waals surface area contributed by atoms with Gasteiger partial charge in [-0.25, -0.2) is 0 Å². The molecule has 0 aliphatic carbocycles. The van der Waals surface area contributed by atoms with Crippen LogP contribution in [-0.4, -0.2) is 38.6 Å². The fourth-order valence-electron chi connectivity index (χ4n) is 1.22. The molecule has 1 aromatic carbocycles. The molecule has 98 valence electrons. The zero-order chi connectivity index (χ0) is 13.4. The van der Waals surface area contributed by atoms with E-state index in [1.807, 2.05) is 12.1 Å². The molecule has 18 heavy (non-hydrogen) atoms. The van der Waals surface area contributed by atoms with Crippen LogP contribution in [0, 0.1) is 3.57 Å². The average molecular weight is 362 g/mol. The lowest BCUT2D eigenvalue weighted by Crippen LogP contribution is -2.38. The maximum absolute atomic E-state index is 11.7. The van der Waals surface area contributed by atoms with Crippen LogP contribution in [0.25, 0.3) is 0 Å². The third kappa shape index (κ3) is 5.46. The standard InChI is InChI=1S/C12H15IN2O3/c1-18-7-6-14-11(16)8-15-12(17)9-2-4-10(13)5-3-9/h2-5H,6-8H2,1H3,(H,14,16)(H,15,17). The Morgan fingerprint density at radius 2 is 1.89 bits per heavy atom. The number of benzene rings is 1. The van der Waals surface area contributed by atoms with Crippen LogP contribution >= 0.6 is 22.6 Å². The first-order valence-electron chi connectivity index (χ1n) is 5.43. The van der Waals surface area contributed by atoms with Crippen molar-refractivity contribution in [3.63, 3.8) is 0 Å². The van der Waals surface area contributed by atoms with Gasteiger partial charge in [0.2, 0.25) is 5.91 Å². The third-order valence-corrected chi connectivity index (χ3v) is 2.86. The zero-order valence-corrected chi connectivity index (χ0v) is 12.2. The number of methoxy groups -OCH3 is 1. The molecule has 0 atom stereocenters. The van der Waals surface area contributed by atoms with E-state index >= 15 is 0 Å². The second kappa shape index (κ2) is 8.04. The lowest BCUT2D eigenvalue weighted by atomic mass is 10.2. The van der Waals surface area contributed by atoms with Crippen LogP contribution in [-0.2, 0) is 9.53 Å². The van der Waals surface area contributed by atoms with Gasteiger partial charge in [0.15, 0.2) is 0 Å². The smallest absolute Gasteiger partial charge is 0.251 e. The topological polar surface area (TPSA) is 67.4 Å². The molecule has 6 heteroatoms. The van der Waals surface area contributed by atoms with E-state index in [2.05, 4.69) is 33.2 Å². The van der Waals surface area contributed by atoms with Crippen LogP contribution in [0.15, 0.2) is 24.3 Å². The first-order valence-corrected chi connectivity index (χ1v) is 6.50. The van der Waals surface area contributed by atoms with Crippen LogP contribution in [0.1, 0.15) is 10.4 Å². The minimum atomic E-state index is -0.256. The molecule has 0 aliphatic rings. The molecule has 2 N–H and O–H groups in total. The van der Waals surface area contributed by atoms with Gasteiger partial charge in [0.25, 0.3) is 5.91 Å². The van der Waals surface area contributed by atoms with Crippen molar-refractivity contribution in [2.24, 2.45) is 0 Å². The van der Waals surface area contributed by atoms with Crippen molar-refractivity contribution < 1.29 is 14.3 Å². The van der Waals surface area contributed by atoms with Crippen LogP contribution in [0.2, 0.25) is 0 Å². The quantitative estimate of drug-likeness (QED) is 0.581. The second-order valence-corrected chi connectivity index (χ2v) is 4.78. The average Bonchev–Trinajstić information content (AvgIpc) is 2.37. The van der Waals surface area contributed by atoms with Crippen molar-refractivity contribution in [2.45, 2.75) is 0 Å². The van der Waals surface area contributed by atoms with E-state index in [1.165, 1.54) is 0 Å². The van der Waals surface area contributed by atoms with E-state index in [-0.39, 0.29) is 18.4 Å². The molecule has 0 aromatic heterocycles. The van der Waals surface area contributed by atoms with Crippen LogP contribution < -0.4 is 10.6 Å². The zero-order valence-electron chi connectivity index (χ0n) is 10.0. The normalized spacial score (nSPS) is 9.89. The summed E-state index contributed by atoms with van der Waals surface area (Å²) in [6.45, 7) is 0.861. The van der Waals surface area contributed by atoms with Gasteiger partial charge in [0.05, 0.1) is 13.2 Å². The number of rotatable bonds is 6. The Bertz CT molecular complexity index is 406. The summed E-state index contributed by atoms with van der Waals surface area (Å²) in [7, 11) is 1.56. The summed E-state index contributed by atoms with van der Waals surface area (Å²) in [5.74, 6) is -0.487. The van der Waals surface area contributed by atoms with Gasteiger partial charge in [-0.3, -0.25) is 9.59 Å². The SMILES string of the molecule is COCCNC(=O)CNC(=O)c1ccc(I)cc1. The molecule has 0 fully saturated rings. The highest BCUT2D eigenvalue weighted by Gasteiger charge is 2.07. The van der Waals surface area contributed by atoms with Gasteiger partial charge in [-0.05, 0) is 46.9 Å². The Balaban J connectivity index is 2.32. The number of hydrogen-bond acceptors (Lipinski definition) is 3. The van der Waals surface area contributed by atoms with E-state index in [9.17, 15) is 9.59 Å². The summed E-state index contributed by atoms with van der Waals surface area (Å²) in [5.41, 5.74) is 0.542. The van der Waals surface area contributed by atoms with E-state index in [0.717, 1.165) is 3.57 Å². The van der Waals surface area contributed by atoms with E-state index in [0.29, 0.717) is 18.7 Å². The first-order chi connectivity index (χ1) is 8.63. The maximum atomic E-state index is 11.7. The number of hydrogen-bond donors (Lipinski definition) is 2. The highest BCUT2D eigenvalue weighted by molar-refractivity contribution is 14.1. The lowest BCUT2D eigenvalue weighted by Gasteiger charge is -2.06. The predicted molar refractivity (Wildman–Crippen MR) is 76.4 cm³/mol. The second-order valence-electron chi connectivity index (χ2n) is 3.53.